The summed E-state index contributed by atoms with van der Waals surface area (Å²) in [6.07, 6.45) is 1.09. The number of hydrogen-bond acceptors (Lipinski definition) is 3. The van der Waals surface area contributed by atoms with E-state index in [1.165, 1.54) is 0 Å². The molecule has 0 amide bonds. The molecule has 14 heavy (non-hydrogen) atoms. The van der Waals surface area contributed by atoms with Gasteiger partial charge in [0.15, 0.2) is 0 Å². The van der Waals surface area contributed by atoms with E-state index in [1.807, 2.05) is 6.07 Å². The van der Waals surface area contributed by atoms with Gasteiger partial charge in [-0.3, -0.25) is 0 Å². The molecule has 1 heterocycles. The number of aromatic nitrogens is 1. The van der Waals surface area contributed by atoms with Gasteiger partial charge in [0.25, 0.3) is 0 Å². The zero-order valence-corrected chi connectivity index (χ0v) is 9.38. The molecular weight excluding hydrogens is 198 g/mol. The van der Waals surface area contributed by atoms with Gasteiger partial charge in [0, 0.05) is 24.8 Å². The van der Waals surface area contributed by atoms with Crippen molar-refractivity contribution in [3.63, 3.8) is 0 Å². The maximum absolute atomic E-state index is 5.83. The molecule has 1 aromatic rings. The normalized spacial score (nSPS) is 10.2. The van der Waals surface area contributed by atoms with Crippen molar-refractivity contribution in [2.75, 3.05) is 23.7 Å². The molecule has 0 unspecified atom stereocenters. The van der Waals surface area contributed by atoms with Crippen LogP contribution < -0.4 is 10.6 Å². The van der Waals surface area contributed by atoms with Gasteiger partial charge in [0.2, 0.25) is 0 Å². The topological polar surface area (TPSA) is 42.1 Å². The van der Waals surface area contributed by atoms with Crippen LogP contribution in [0.4, 0.5) is 11.5 Å². The second kappa shape index (κ2) is 5.05. The number of nitrogens with zero attached hydrogens (tertiary/aromatic N) is 2. The van der Waals surface area contributed by atoms with Crippen LogP contribution in [0.5, 0.6) is 0 Å². The Balaban J connectivity index is 2.91. The van der Waals surface area contributed by atoms with Crippen LogP contribution in [0, 0.1) is 0 Å². The molecule has 0 spiro atoms. The summed E-state index contributed by atoms with van der Waals surface area (Å²) in [6.45, 7) is 6.12. The van der Waals surface area contributed by atoms with Crippen LogP contribution in [0.1, 0.15) is 20.3 Å². The average Bonchev–Trinajstić information content (AvgIpc) is 2.12. The molecule has 0 aliphatic rings. The highest BCUT2D eigenvalue weighted by molar-refractivity contribution is 6.29. The Morgan fingerprint density at radius 1 is 1.43 bits per heavy atom. The fourth-order valence-electron chi connectivity index (χ4n) is 1.37. The maximum atomic E-state index is 5.83. The first kappa shape index (κ1) is 11.1. The quantitative estimate of drug-likeness (QED) is 0.782. The Morgan fingerprint density at radius 3 is 2.64 bits per heavy atom. The monoisotopic (exact) mass is 213 g/mol. The van der Waals surface area contributed by atoms with Gasteiger partial charge in [-0.25, -0.2) is 4.98 Å². The molecule has 2 N–H and O–H groups in total. The van der Waals surface area contributed by atoms with Crippen molar-refractivity contribution in [1.82, 2.24) is 4.98 Å². The Bertz CT molecular complexity index is 281. The summed E-state index contributed by atoms with van der Waals surface area (Å²) in [5.74, 6) is 0.861. The predicted octanol–water partition coefficient (Wildman–Crippen LogP) is 2.55. The first-order chi connectivity index (χ1) is 6.67. The summed E-state index contributed by atoms with van der Waals surface area (Å²) in [4.78, 5) is 6.39. The maximum Gasteiger partial charge on any atom is 0.133 e. The smallest absolute Gasteiger partial charge is 0.133 e. The van der Waals surface area contributed by atoms with Crippen LogP contribution in [-0.2, 0) is 0 Å². The average molecular weight is 214 g/mol. The van der Waals surface area contributed by atoms with E-state index in [0.29, 0.717) is 10.8 Å². The summed E-state index contributed by atoms with van der Waals surface area (Å²) >= 11 is 5.83. The van der Waals surface area contributed by atoms with Gasteiger partial charge in [-0.15, -0.1) is 0 Å². The van der Waals surface area contributed by atoms with E-state index in [1.54, 1.807) is 6.07 Å². The van der Waals surface area contributed by atoms with E-state index in [9.17, 15) is 0 Å². The van der Waals surface area contributed by atoms with Gasteiger partial charge in [-0.05, 0) is 19.4 Å². The number of nitrogen functional groups attached to an aromatic ring is 1. The van der Waals surface area contributed by atoms with Crippen LogP contribution >= 0.6 is 11.6 Å². The van der Waals surface area contributed by atoms with E-state index < -0.39 is 0 Å². The molecule has 3 nitrogen and oxygen atoms in total. The van der Waals surface area contributed by atoms with E-state index in [4.69, 9.17) is 17.3 Å². The molecule has 1 rings (SSSR count). The number of hydrogen-bond donors (Lipinski definition) is 1. The van der Waals surface area contributed by atoms with Crippen LogP contribution in [0.3, 0.4) is 0 Å². The minimum absolute atomic E-state index is 0.453. The first-order valence-corrected chi connectivity index (χ1v) is 5.23. The van der Waals surface area contributed by atoms with Gasteiger partial charge in [-0.1, -0.05) is 18.5 Å². The lowest BCUT2D eigenvalue weighted by molar-refractivity contribution is 0.779. The Hall–Kier alpha value is -0.960. The molecule has 0 radical (unpaired) electrons. The molecule has 1 aromatic heterocycles. The summed E-state index contributed by atoms with van der Waals surface area (Å²) in [6, 6.07) is 3.51. The minimum atomic E-state index is 0.453. The summed E-state index contributed by atoms with van der Waals surface area (Å²) in [5, 5.41) is 0.453. The SMILES string of the molecule is CCCN(CC)c1cc(N)cc(Cl)n1. The standard InChI is InChI=1S/C10H16ClN3/c1-3-5-14(4-2)10-7-8(12)6-9(11)13-10/h6-7H,3-5H2,1-2H3,(H2,12,13). The number of pyridine rings is 1. The lowest BCUT2D eigenvalue weighted by Gasteiger charge is -2.21. The van der Waals surface area contributed by atoms with Gasteiger partial charge >= 0.3 is 0 Å². The van der Waals surface area contributed by atoms with Crippen molar-refractivity contribution in [2.24, 2.45) is 0 Å². The number of rotatable bonds is 4. The van der Waals surface area contributed by atoms with Crippen LogP contribution in [0.2, 0.25) is 5.15 Å². The van der Waals surface area contributed by atoms with Gasteiger partial charge in [0.05, 0.1) is 0 Å². The van der Waals surface area contributed by atoms with Gasteiger partial charge < -0.3 is 10.6 Å². The second-order valence-electron chi connectivity index (χ2n) is 3.16. The summed E-state index contributed by atoms with van der Waals surface area (Å²) < 4.78 is 0. The molecule has 0 atom stereocenters. The third kappa shape index (κ3) is 2.77. The highest BCUT2D eigenvalue weighted by Gasteiger charge is 2.06. The van der Waals surface area contributed by atoms with Crippen molar-refractivity contribution >= 4 is 23.1 Å². The molecule has 0 aliphatic heterocycles. The van der Waals surface area contributed by atoms with E-state index in [-0.39, 0.29) is 0 Å². The minimum Gasteiger partial charge on any atom is -0.399 e. The zero-order valence-electron chi connectivity index (χ0n) is 8.63. The van der Waals surface area contributed by atoms with E-state index >= 15 is 0 Å². The molecule has 78 valence electrons. The van der Waals surface area contributed by atoms with Gasteiger partial charge in [0.1, 0.15) is 11.0 Å². The Morgan fingerprint density at radius 2 is 2.14 bits per heavy atom. The van der Waals surface area contributed by atoms with Crippen LogP contribution in [0.25, 0.3) is 0 Å². The van der Waals surface area contributed by atoms with Crippen molar-refractivity contribution in [3.05, 3.63) is 17.3 Å². The van der Waals surface area contributed by atoms with Crippen LogP contribution in [0.15, 0.2) is 12.1 Å². The Labute approximate surface area is 89.9 Å². The molecule has 0 aliphatic carbocycles. The third-order valence-corrected chi connectivity index (χ3v) is 2.20. The largest absolute Gasteiger partial charge is 0.399 e. The van der Waals surface area contributed by atoms with Crippen molar-refractivity contribution in [1.29, 1.82) is 0 Å². The molecule has 0 saturated heterocycles. The summed E-state index contributed by atoms with van der Waals surface area (Å²) in [7, 11) is 0. The van der Waals surface area contributed by atoms with Crippen molar-refractivity contribution < 1.29 is 0 Å². The molecule has 4 heteroatoms. The molecule has 0 fully saturated rings. The molecular formula is C10H16ClN3. The number of halogens is 1. The fourth-order valence-corrected chi connectivity index (χ4v) is 1.58. The lowest BCUT2D eigenvalue weighted by atomic mass is 10.3. The van der Waals surface area contributed by atoms with Crippen molar-refractivity contribution in [3.8, 4) is 0 Å². The molecule has 0 aromatic carbocycles. The zero-order chi connectivity index (χ0) is 10.6. The van der Waals surface area contributed by atoms with E-state index in [0.717, 1.165) is 25.3 Å². The molecule has 0 bridgehead atoms. The van der Waals surface area contributed by atoms with E-state index in [2.05, 4.69) is 23.7 Å². The van der Waals surface area contributed by atoms with Gasteiger partial charge in [-0.2, -0.15) is 0 Å². The fraction of sp³-hybridized carbons (Fsp3) is 0.500. The highest BCUT2D eigenvalue weighted by atomic mass is 35.5. The third-order valence-electron chi connectivity index (χ3n) is 2.00. The first-order valence-electron chi connectivity index (χ1n) is 4.85. The number of anilines is 2. The highest BCUT2D eigenvalue weighted by Crippen LogP contribution is 2.19. The summed E-state index contributed by atoms with van der Waals surface area (Å²) in [5.41, 5.74) is 6.36. The van der Waals surface area contributed by atoms with Crippen molar-refractivity contribution in [2.45, 2.75) is 20.3 Å². The lowest BCUT2D eigenvalue weighted by Crippen LogP contribution is -2.24. The number of nitrogens with two attached hydrogens (primary N) is 1. The Kier molecular flexibility index (Phi) is 4.01. The van der Waals surface area contributed by atoms with Crippen LogP contribution in [-0.4, -0.2) is 18.1 Å². The molecule has 0 saturated carbocycles. The predicted molar refractivity (Wildman–Crippen MR) is 61.8 cm³/mol. The second-order valence-corrected chi connectivity index (χ2v) is 3.55.